The van der Waals surface area contributed by atoms with Gasteiger partial charge in [0.2, 0.25) is 0 Å². The van der Waals surface area contributed by atoms with Crippen LogP contribution in [-0.4, -0.2) is 42.5 Å². The Morgan fingerprint density at radius 3 is 1.87 bits per heavy atom. The molecule has 0 saturated carbocycles. The molecule has 0 radical (unpaired) electrons. The summed E-state index contributed by atoms with van der Waals surface area (Å²) in [5.41, 5.74) is 3.91. The highest BCUT2D eigenvalue weighted by Crippen LogP contribution is 2.30. The predicted molar refractivity (Wildman–Crippen MR) is 138 cm³/mol. The van der Waals surface area contributed by atoms with E-state index in [1.807, 2.05) is 12.1 Å². The first kappa shape index (κ1) is 25.5. The second-order valence-electron chi connectivity index (χ2n) is 7.51. The van der Waals surface area contributed by atoms with E-state index in [2.05, 4.69) is 94.7 Å². The molecule has 3 aromatic carbocycles. The predicted octanol–water partition coefficient (Wildman–Crippen LogP) is 6.60. The molecular formula is C26H29Cl3N2. The van der Waals surface area contributed by atoms with Crippen molar-refractivity contribution in [1.82, 2.24) is 9.80 Å². The molecule has 1 unspecified atom stereocenters. The zero-order chi connectivity index (χ0) is 19.9. The van der Waals surface area contributed by atoms with Gasteiger partial charge in [-0.3, -0.25) is 9.80 Å². The minimum absolute atomic E-state index is 0. The monoisotopic (exact) mass is 474 g/mol. The Morgan fingerprint density at radius 1 is 0.710 bits per heavy atom. The maximum Gasteiger partial charge on any atom is 0.0602 e. The molecule has 1 fully saturated rings. The van der Waals surface area contributed by atoms with Crippen molar-refractivity contribution >= 4 is 42.5 Å². The molecule has 31 heavy (non-hydrogen) atoms. The van der Waals surface area contributed by atoms with E-state index in [0.29, 0.717) is 0 Å². The smallest absolute Gasteiger partial charge is 0.0602 e. The van der Waals surface area contributed by atoms with Crippen LogP contribution in [-0.2, 0) is 0 Å². The molecule has 0 aromatic heterocycles. The number of rotatable bonds is 6. The quantitative estimate of drug-likeness (QED) is 0.396. The summed E-state index contributed by atoms with van der Waals surface area (Å²) in [5, 5.41) is 0.788. The normalized spacial score (nSPS) is 15.8. The average molecular weight is 476 g/mol. The van der Waals surface area contributed by atoms with Gasteiger partial charge in [-0.1, -0.05) is 96.5 Å². The van der Waals surface area contributed by atoms with Crippen LogP contribution in [0.15, 0.2) is 91.0 Å². The molecule has 164 valence electrons. The molecule has 1 heterocycles. The lowest BCUT2D eigenvalue weighted by Crippen LogP contribution is -2.47. The number of piperazine rings is 1. The van der Waals surface area contributed by atoms with E-state index < -0.39 is 0 Å². The molecule has 1 saturated heterocycles. The second kappa shape index (κ2) is 12.9. The van der Waals surface area contributed by atoms with Crippen molar-refractivity contribution in [2.45, 2.75) is 6.04 Å². The van der Waals surface area contributed by atoms with Crippen LogP contribution in [0.1, 0.15) is 22.7 Å². The fourth-order valence-electron chi connectivity index (χ4n) is 4.00. The Labute approximate surface area is 203 Å². The summed E-state index contributed by atoms with van der Waals surface area (Å²) in [5.74, 6) is 0. The van der Waals surface area contributed by atoms with Gasteiger partial charge < -0.3 is 0 Å². The van der Waals surface area contributed by atoms with Crippen molar-refractivity contribution in [2.24, 2.45) is 0 Å². The first-order valence-electron chi connectivity index (χ1n) is 10.3. The Balaban J connectivity index is 0.00000171. The highest BCUT2D eigenvalue weighted by molar-refractivity contribution is 6.30. The largest absolute Gasteiger partial charge is 0.297 e. The van der Waals surface area contributed by atoms with Gasteiger partial charge in [0.25, 0.3) is 0 Å². The summed E-state index contributed by atoms with van der Waals surface area (Å²) >= 11 is 6.13. The highest BCUT2D eigenvalue weighted by Gasteiger charge is 2.25. The fourth-order valence-corrected chi connectivity index (χ4v) is 4.13. The zero-order valence-electron chi connectivity index (χ0n) is 17.4. The van der Waals surface area contributed by atoms with Gasteiger partial charge in [0, 0.05) is 37.7 Å². The van der Waals surface area contributed by atoms with E-state index in [-0.39, 0.29) is 30.9 Å². The Morgan fingerprint density at radius 2 is 1.26 bits per heavy atom. The third kappa shape index (κ3) is 7.10. The van der Waals surface area contributed by atoms with Crippen LogP contribution in [0.5, 0.6) is 0 Å². The molecule has 4 rings (SSSR count). The van der Waals surface area contributed by atoms with Gasteiger partial charge in [0.1, 0.15) is 0 Å². The van der Waals surface area contributed by atoms with Crippen LogP contribution in [0.3, 0.4) is 0 Å². The Hall–Kier alpha value is -1.81. The average Bonchev–Trinajstić information content (AvgIpc) is 2.78. The van der Waals surface area contributed by atoms with E-state index >= 15 is 0 Å². The number of benzene rings is 3. The lowest BCUT2D eigenvalue weighted by molar-refractivity contribution is 0.118. The van der Waals surface area contributed by atoms with Crippen molar-refractivity contribution in [3.05, 3.63) is 113 Å². The number of hydrogen-bond donors (Lipinski definition) is 0. The van der Waals surface area contributed by atoms with Crippen LogP contribution in [0.4, 0.5) is 0 Å². The molecule has 3 aromatic rings. The summed E-state index contributed by atoms with van der Waals surface area (Å²) in [7, 11) is 0. The third-order valence-electron chi connectivity index (χ3n) is 5.55. The molecule has 0 bridgehead atoms. The molecule has 0 spiro atoms. The minimum atomic E-state index is 0. The Bertz CT molecular complexity index is 906. The fraction of sp³-hybridized carbons (Fsp3) is 0.231. The summed E-state index contributed by atoms with van der Waals surface area (Å²) < 4.78 is 0. The standard InChI is InChI=1S/C26H27ClN2.2ClH/c27-25-15-13-24(14-16-25)26(23-11-5-2-6-12-23)29-20-18-28(19-21-29)17-7-10-22-8-3-1-4-9-22;;/h1-16,26H,17-21H2;2*1H/b10-7+;;. The maximum absolute atomic E-state index is 6.13. The van der Waals surface area contributed by atoms with Gasteiger partial charge in [-0.25, -0.2) is 0 Å². The number of hydrogen-bond acceptors (Lipinski definition) is 2. The summed E-state index contributed by atoms with van der Waals surface area (Å²) in [4.78, 5) is 5.12. The summed E-state index contributed by atoms with van der Waals surface area (Å²) in [6.07, 6.45) is 4.49. The molecule has 0 N–H and O–H groups in total. The molecule has 5 heteroatoms. The minimum Gasteiger partial charge on any atom is -0.297 e. The van der Waals surface area contributed by atoms with Crippen molar-refractivity contribution in [3.8, 4) is 0 Å². The molecule has 0 amide bonds. The number of nitrogens with zero attached hydrogens (tertiary/aromatic N) is 2. The van der Waals surface area contributed by atoms with Crippen LogP contribution >= 0.6 is 36.4 Å². The molecule has 1 atom stereocenters. The van der Waals surface area contributed by atoms with Crippen LogP contribution in [0.2, 0.25) is 5.02 Å². The molecule has 2 nitrogen and oxygen atoms in total. The van der Waals surface area contributed by atoms with Crippen molar-refractivity contribution < 1.29 is 0 Å². The highest BCUT2D eigenvalue weighted by atomic mass is 35.5. The van der Waals surface area contributed by atoms with Gasteiger partial charge in [-0.15, -0.1) is 24.8 Å². The number of halogens is 3. The lowest BCUT2D eigenvalue weighted by Gasteiger charge is -2.39. The molecule has 1 aliphatic heterocycles. The summed E-state index contributed by atoms with van der Waals surface area (Å²) in [6, 6.07) is 29.9. The van der Waals surface area contributed by atoms with Crippen molar-refractivity contribution in [1.29, 1.82) is 0 Å². The third-order valence-corrected chi connectivity index (χ3v) is 5.80. The Kier molecular flexibility index (Phi) is 10.6. The van der Waals surface area contributed by atoms with Gasteiger partial charge in [0.15, 0.2) is 0 Å². The summed E-state index contributed by atoms with van der Waals surface area (Å²) in [6.45, 7) is 5.27. The van der Waals surface area contributed by atoms with Crippen molar-refractivity contribution in [2.75, 3.05) is 32.7 Å². The zero-order valence-corrected chi connectivity index (χ0v) is 19.8. The SMILES string of the molecule is Cl.Cl.Clc1ccc(C(c2ccccc2)N2CCN(C/C=C/c3ccccc3)CC2)cc1. The molecule has 1 aliphatic rings. The maximum atomic E-state index is 6.13. The first-order valence-corrected chi connectivity index (χ1v) is 10.7. The lowest BCUT2D eigenvalue weighted by atomic mass is 9.96. The van der Waals surface area contributed by atoms with Crippen LogP contribution in [0.25, 0.3) is 6.08 Å². The van der Waals surface area contributed by atoms with E-state index in [0.717, 1.165) is 37.7 Å². The van der Waals surface area contributed by atoms with Crippen LogP contribution in [0, 0.1) is 0 Å². The van der Waals surface area contributed by atoms with E-state index in [9.17, 15) is 0 Å². The topological polar surface area (TPSA) is 6.48 Å². The van der Waals surface area contributed by atoms with E-state index in [1.54, 1.807) is 0 Å². The molecular weight excluding hydrogens is 447 g/mol. The van der Waals surface area contributed by atoms with Gasteiger partial charge in [-0.05, 0) is 28.8 Å². The first-order chi connectivity index (χ1) is 14.3. The second-order valence-corrected chi connectivity index (χ2v) is 7.95. The molecule has 0 aliphatic carbocycles. The van der Waals surface area contributed by atoms with E-state index in [1.165, 1.54) is 16.7 Å². The van der Waals surface area contributed by atoms with Gasteiger partial charge >= 0.3 is 0 Å². The van der Waals surface area contributed by atoms with Crippen molar-refractivity contribution in [3.63, 3.8) is 0 Å². The van der Waals surface area contributed by atoms with E-state index in [4.69, 9.17) is 11.6 Å². The van der Waals surface area contributed by atoms with Crippen LogP contribution < -0.4 is 0 Å². The van der Waals surface area contributed by atoms with Gasteiger partial charge in [-0.2, -0.15) is 0 Å². The van der Waals surface area contributed by atoms with Gasteiger partial charge in [0.05, 0.1) is 6.04 Å².